The summed E-state index contributed by atoms with van der Waals surface area (Å²) in [5.41, 5.74) is 1.70. The van der Waals surface area contributed by atoms with Crippen molar-refractivity contribution in [3.05, 3.63) is 34.6 Å². The first-order chi connectivity index (χ1) is 10.5. The molecule has 0 aliphatic heterocycles. The molecule has 3 rings (SSSR count). The SMILES string of the molecule is Cc1ccc(NC(=O)CSc2nnc(C)n2C2CC2)cc1Cl. The zero-order chi connectivity index (χ0) is 15.7. The van der Waals surface area contributed by atoms with Gasteiger partial charge in [-0.3, -0.25) is 4.79 Å². The lowest BCUT2D eigenvalue weighted by atomic mass is 10.2. The number of nitrogens with zero attached hydrogens (tertiary/aromatic N) is 3. The number of carbonyl (C=O) groups excluding carboxylic acids is 1. The van der Waals surface area contributed by atoms with E-state index < -0.39 is 0 Å². The van der Waals surface area contributed by atoms with E-state index in [-0.39, 0.29) is 5.91 Å². The molecule has 1 aromatic heterocycles. The van der Waals surface area contributed by atoms with Gasteiger partial charge < -0.3 is 9.88 Å². The molecule has 116 valence electrons. The Labute approximate surface area is 138 Å². The number of rotatable bonds is 5. The van der Waals surface area contributed by atoms with Crippen LogP contribution in [-0.2, 0) is 4.79 Å². The van der Waals surface area contributed by atoms with E-state index in [0.717, 1.165) is 16.5 Å². The molecule has 1 saturated carbocycles. The van der Waals surface area contributed by atoms with E-state index in [1.54, 1.807) is 6.07 Å². The fourth-order valence-corrected chi connectivity index (χ4v) is 3.23. The zero-order valence-electron chi connectivity index (χ0n) is 12.5. The fraction of sp³-hybridized carbons (Fsp3) is 0.400. The van der Waals surface area contributed by atoms with Gasteiger partial charge in [0.25, 0.3) is 0 Å². The van der Waals surface area contributed by atoms with E-state index in [1.165, 1.54) is 24.6 Å². The maximum absolute atomic E-state index is 12.1. The molecule has 0 unspecified atom stereocenters. The standard InChI is InChI=1S/C15H17ClN4OS/c1-9-3-4-11(7-13(9)16)17-14(21)8-22-15-19-18-10(2)20(15)12-5-6-12/h3-4,7,12H,5-6,8H2,1-2H3,(H,17,21). The second-order valence-corrected chi connectivity index (χ2v) is 6.78. The lowest BCUT2D eigenvalue weighted by molar-refractivity contribution is -0.113. The van der Waals surface area contributed by atoms with E-state index in [1.807, 2.05) is 26.0 Å². The van der Waals surface area contributed by atoms with Gasteiger partial charge in [0, 0.05) is 16.8 Å². The summed E-state index contributed by atoms with van der Waals surface area (Å²) in [6, 6.07) is 6.01. The Kier molecular flexibility index (Phi) is 4.40. The van der Waals surface area contributed by atoms with E-state index in [0.29, 0.717) is 22.5 Å². The number of anilines is 1. The number of amides is 1. The second-order valence-electron chi connectivity index (χ2n) is 5.43. The lowest BCUT2D eigenvalue weighted by Crippen LogP contribution is -2.14. The molecule has 22 heavy (non-hydrogen) atoms. The molecule has 0 radical (unpaired) electrons. The first-order valence-electron chi connectivity index (χ1n) is 7.15. The van der Waals surface area contributed by atoms with E-state index in [4.69, 9.17) is 11.6 Å². The lowest BCUT2D eigenvalue weighted by Gasteiger charge is -2.08. The summed E-state index contributed by atoms with van der Waals surface area (Å²) in [7, 11) is 0. The Balaban J connectivity index is 1.59. The van der Waals surface area contributed by atoms with Gasteiger partial charge in [-0.15, -0.1) is 10.2 Å². The molecule has 5 nitrogen and oxygen atoms in total. The average Bonchev–Trinajstić information content (AvgIpc) is 3.24. The van der Waals surface area contributed by atoms with Gasteiger partial charge in [0.15, 0.2) is 5.16 Å². The van der Waals surface area contributed by atoms with Crippen molar-refractivity contribution >= 4 is 35.0 Å². The quantitative estimate of drug-likeness (QED) is 0.847. The van der Waals surface area contributed by atoms with Crippen LogP contribution in [0.3, 0.4) is 0 Å². The summed E-state index contributed by atoms with van der Waals surface area (Å²) in [4.78, 5) is 12.1. The number of carbonyl (C=O) groups is 1. The summed E-state index contributed by atoms with van der Waals surface area (Å²) in [6.07, 6.45) is 2.33. The topological polar surface area (TPSA) is 59.8 Å². The Morgan fingerprint density at radius 2 is 2.18 bits per heavy atom. The van der Waals surface area contributed by atoms with Crippen LogP contribution in [0.2, 0.25) is 5.02 Å². The maximum atomic E-state index is 12.1. The summed E-state index contributed by atoms with van der Waals surface area (Å²) in [5, 5.41) is 12.6. The van der Waals surface area contributed by atoms with Crippen molar-refractivity contribution in [3.8, 4) is 0 Å². The van der Waals surface area contributed by atoms with Crippen LogP contribution < -0.4 is 5.32 Å². The predicted molar refractivity (Wildman–Crippen MR) is 88.6 cm³/mol. The molecule has 0 atom stereocenters. The highest BCUT2D eigenvalue weighted by Gasteiger charge is 2.28. The molecule has 1 aliphatic rings. The van der Waals surface area contributed by atoms with Gasteiger partial charge in [0.2, 0.25) is 5.91 Å². The Morgan fingerprint density at radius 1 is 1.41 bits per heavy atom. The van der Waals surface area contributed by atoms with Crippen LogP contribution in [0, 0.1) is 13.8 Å². The largest absolute Gasteiger partial charge is 0.325 e. The van der Waals surface area contributed by atoms with Crippen molar-refractivity contribution in [2.24, 2.45) is 0 Å². The molecule has 1 N–H and O–H groups in total. The molecular weight excluding hydrogens is 320 g/mol. The summed E-state index contributed by atoms with van der Waals surface area (Å²) < 4.78 is 2.13. The van der Waals surface area contributed by atoms with Crippen molar-refractivity contribution in [2.75, 3.05) is 11.1 Å². The van der Waals surface area contributed by atoms with Gasteiger partial charge in [-0.2, -0.15) is 0 Å². The van der Waals surface area contributed by atoms with Crippen LogP contribution >= 0.6 is 23.4 Å². The number of halogens is 1. The van der Waals surface area contributed by atoms with E-state index in [9.17, 15) is 4.79 Å². The maximum Gasteiger partial charge on any atom is 0.234 e. The van der Waals surface area contributed by atoms with Crippen LogP contribution in [0.25, 0.3) is 0 Å². The van der Waals surface area contributed by atoms with Crippen molar-refractivity contribution in [2.45, 2.75) is 37.9 Å². The third kappa shape index (κ3) is 3.44. The number of aryl methyl sites for hydroxylation is 2. The highest BCUT2D eigenvalue weighted by Crippen LogP contribution is 2.38. The highest BCUT2D eigenvalue weighted by molar-refractivity contribution is 7.99. The number of benzene rings is 1. The van der Waals surface area contributed by atoms with E-state index >= 15 is 0 Å². The van der Waals surface area contributed by atoms with Gasteiger partial charge >= 0.3 is 0 Å². The Bertz CT molecular complexity index is 712. The number of hydrogen-bond donors (Lipinski definition) is 1. The number of hydrogen-bond acceptors (Lipinski definition) is 4. The van der Waals surface area contributed by atoms with Crippen LogP contribution in [-0.4, -0.2) is 26.4 Å². The molecule has 1 aromatic carbocycles. The van der Waals surface area contributed by atoms with Crippen molar-refractivity contribution in [1.29, 1.82) is 0 Å². The third-order valence-electron chi connectivity index (χ3n) is 3.53. The van der Waals surface area contributed by atoms with Gasteiger partial charge in [-0.25, -0.2) is 0 Å². The molecule has 1 aliphatic carbocycles. The molecule has 0 saturated heterocycles. The van der Waals surface area contributed by atoms with Crippen LogP contribution in [0.1, 0.15) is 30.3 Å². The average molecular weight is 337 g/mol. The van der Waals surface area contributed by atoms with Crippen molar-refractivity contribution in [1.82, 2.24) is 14.8 Å². The zero-order valence-corrected chi connectivity index (χ0v) is 14.0. The summed E-state index contributed by atoms with van der Waals surface area (Å²) in [5.74, 6) is 1.14. The van der Waals surface area contributed by atoms with Gasteiger partial charge in [0.05, 0.1) is 5.75 Å². The molecule has 1 amide bonds. The molecular formula is C15H17ClN4OS. The van der Waals surface area contributed by atoms with Gasteiger partial charge in [-0.05, 0) is 44.4 Å². The van der Waals surface area contributed by atoms with Crippen molar-refractivity contribution in [3.63, 3.8) is 0 Å². The van der Waals surface area contributed by atoms with Crippen LogP contribution in [0.4, 0.5) is 5.69 Å². The van der Waals surface area contributed by atoms with Gasteiger partial charge in [-0.1, -0.05) is 29.4 Å². The first-order valence-corrected chi connectivity index (χ1v) is 8.51. The minimum absolute atomic E-state index is 0.0760. The molecule has 0 spiro atoms. The smallest absolute Gasteiger partial charge is 0.234 e. The molecule has 1 heterocycles. The number of aromatic nitrogens is 3. The Morgan fingerprint density at radius 3 is 2.86 bits per heavy atom. The fourth-order valence-electron chi connectivity index (χ4n) is 2.20. The third-order valence-corrected chi connectivity index (χ3v) is 4.89. The molecule has 2 aromatic rings. The summed E-state index contributed by atoms with van der Waals surface area (Å²) >= 11 is 7.47. The molecule has 1 fully saturated rings. The first kappa shape index (κ1) is 15.4. The van der Waals surface area contributed by atoms with Crippen LogP contribution in [0.5, 0.6) is 0 Å². The highest BCUT2D eigenvalue weighted by atomic mass is 35.5. The Hall–Kier alpha value is -1.53. The normalized spacial score (nSPS) is 14.1. The monoisotopic (exact) mass is 336 g/mol. The molecule has 0 bridgehead atoms. The summed E-state index contributed by atoms with van der Waals surface area (Å²) in [6.45, 7) is 3.88. The minimum atomic E-state index is -0.0760. The van der Waals surface area contributed by atoms with Crippen LogP contribution in [0.15, 0.2) is 23.4 Å². The number of thioether (sulfide) groups is 1. The number of nitrogens with one attached hydrogen (secondary N) is 1. The molecule has 7 heteroatoms. The van der Waals surface area contributed by atoms with E-state index in [2.05, 4.69) is 20.1 Å². The van der Waals surface area contributed by atoms with Gasteiger partial charge in [0.1, 0.15) is 5.82 Å². The second kappa shape index (κ2) is 6.30. The van der Waals surface area contributed by atoms with Crippen molar-refractivity contribution < 1.29 is 4.79 Å². The predicted octanol–water partition coefficient (Wildman–Crippen LogP) is 3.61. The minimum Gasteiger partial charge on any atom is -0.325 e.